The zero-order chi connectivity index (χ0) is 21.1. The Hall–Kier alpha value is -2.75. The third kappa shape index (κ3) is 4.69. The molecule has 1 aliphatic rings. The molecule has 10 heteroatoms. The van der Waals surface area contributed by atoms with Crippen LogP contribution in [-0.4, -0.2) is 44.2 Å². The summed E-state index contributed by atoms with van der Waals surface area (Å²) in [4.78, 5) is 14.9. The Morgan fingerprint density at radius 2 is 2.17 bits per heavy atom. The van der Waals surface area contributed by atoms with Gasteiger partial charge in [0, 0.05) is 19.2 Å². The molecular formula is C20H26N6O3S. The fourth-order valence-corrected chi connectivity index (χ4v) is 4.22. The van der Waals surface area contributed by atoms with Gasteiger partial charge in [0.15, 0.2) is 11.0 Å². The molecule has 0 bridgehead atoms. The van der Waals surface area contributed by atoms with E-state index in [0.29, 0.717) is 23.3 Å². The highest BCUT2D eigenvalue weighted by molar-refractivity contribution is 8.00. The quantitative estimate of drug-likeness (QED) is 0.568. The molecule has 0 aliphatic carbocycles. The van der Waals surface area contributed by atoms with Crippen LogP contribution in [0.4, 0.5) is 11.8 Å². The second kappa shape index (κ2) is 8.95. The van der Waals surface area contributed by atoms with Crippen molar-refractivity contribution in [3.8, 4) is 0 Å². The Morgan fingerprint density at radius 1 is 1.37 bits per heavy atom. The molecule has 0 saturated carbocycles. The van der Waals surface area contributed by atoms with E-state index in [2.05, 4.69) is 32.5 Å². The van der Waals surface area contributed by atoms with Gasteiger partial charge in [0.2, 0.25) is 11.9 Å². The number of amides is 1. The molecule has 160 valence electrons. The first-order valence-corrected chi connectivity index (χ1v) is 11.0. The van der Waals surface area contributed by atoms with Crippen molar-refractivity contribution in [2.45, 2.75) is 50.6 Å². The summed E-state index contributed by atoms with van der Waals surface area (Å²) >= 11 is 1.36. The summed E-state index contributed by atoms with van der Waals surface area (Å²) in [5, 5.41) is 15.7. The molecule has 1 atom stereocenters. The monoisotopic (exact) mass is 430 g/mol. The van der Waals surface area contributed by atoms with Crippen LogP contribution in [0.1, 0.15) is 38.2 Å². The fraction of sp³-hybridized carbons (Fsp3) is 0.500. The van der Waals surface area contributed by atoms with Crippen LogP contribution >= 0.6 is 11.8 Å². The minimum atomic E-state index is -0.393. The van der Waals surface area contributed by atoms with E-state index >= 15 is 0 Å². The van der Waals surface area contributed by atoms with Crippen LogP contribution in [0.2, 0.25) is 0 Å². The Morgan fingerprint density at radius 3 is 2.83 bits per heavy atom. The summed E-state index contributed by atoms with van der Waals surface area (Å²) in [7, 11) is 0. The number of hydrogen-bond acceptors (Lipinski definition) is 8. The lowest BCUT2D eigenvalue weighted by molar-refractivity contribution is -0.115. The molecule has 1 N–H and O–H groups in total. The van der Waals surface area contributed by atoms with E-state index in [4.69, 9.17) is 8.94 Å². The number of anilines is 2. The average Bonchev–Trinajstić information content (AvgIpc) is 3.46. The second-order valence-corrected chi connectivity index (χ2v) is 9.00. The highest BCUT2D eigenvalue weighted by Gasteiger charge is 2.26. The number of aryl methyl sites for hydroxylation is 1. The van der Waals surface area contributed by atoms with Crippen LogP contribution in [0.5, 0.6) is 0 Å². The highest BCUT2D eigenvalue weighted by Crippen LogP contribution is 2.29. The molecule has 0 spiro atoms. The number of carbonyl (C=O) groups excluding carboxylic acids is 1. The van der Waals surface area contributed by atoms with Crippen LogP contribution in [0.3, 0.4) is 0 Å². The van der Waals surface area contributed by atoms with Crippen molar-refractivity contribution in [1.82, 2.24) is 19.9 Å². The number of rotatable bonds is 7. The number of carbonyl (C=O) groups is 1. The maximum atomic E-state index is 12.6. The van der Waals surface area contributed by atoms with E-state index in [1.165, 1.54) is 11.8 Å². The lowest BCUT2D eigenvalue weighted by Gasteiger charge is -2.31. The van der Waals surface area contributed by atoms with E-state index < -0.39 is 5.25 Å². The smallest absolute Gasteiger partial charge is 0.238 e. The maximum absolute atomic E-state index is 12.6. The van der Waals surface area contributed by atoms with Gasteiger partial charge in [-0.25, -0.2) is 0 Å². The molecule has 0 aromatic carbocycles. The van der Waals surface area contributed by atoms with Gasteiger partial charge >= 0.3 is 0 Å². The molecular weight excluding hydrogens is 404 g/mol. The van der Waals surface area contributed by atoms with Crippen molar-refractivity contribution in [3.05, 3.63) is 36.0 Å². The standard InChI is InChI=1S/C20H26N6O3S/c1-13-6-8-25(9-7-13)19-22-23-20(26(19)12-16-5-4-10-28-16)30-15(3)18(27)21-17-11-14(2)29-24-17/h4-5,10-11,13,15H,6-9,12H2,1-3H3,(H,21,24,27). The lowest BCUT2D eigenvalue weighted by Crippen LogP contribution is -2.35. The van der Waals surface area contributed by atoms with Gasteiger partial charge in [-0.15, -0.1) is 10.2 Å². The van der Waals surface area contributed by atoms with Crippen molar-refractivity contribution in [1.29, 1.82) is 0 Å². The van der Waals surface area contributed by atoms with E-state index in [9.17, 15) is 4.79 Å². The maximum Gasteiger partial charge on any atom is 0.238 e. The zero-order valence-corrected chi connectivity index (χ0v) is 18.2. The summed E-state index contributed by atoms with van der Waals surface area (Å²) in [6.45, 7) is 8.30. The molecule has 3 aromatic rings. The van der Waals surface area contributed by atoms with E-state index in [1.54, 1.807) is 19.3 Å². The second-order valence-electron chi connectivity index (χ2n) is 7.69. The van der Waals surface area contributed by atoms with Crippen LogP contribution in [0.25, 0.3) is 0 Å². The molecule has 9 nitrogen and oxygen atoms in total. The van der Waals surface area contributed by atoms with Gasteiger partial charge in [-0.3, -0.25) is 9.36 Å². The summed E-state index contributed by atoms with van der Waals surface area (Å²) in [6.07, 6.45) is 3.92. The number of hydrogen-bond donors (Lipinski definition) is 1. The Bertz CT molecular complexity index is 975. The minimum absolute atomic E-state index is 0.172. The van der Waals surface area contributed by atoms with E-state index in [0.717, 1.165) is 43.6 Å². The molecule has 1 amide bonds. The summed E-state index contributed by atoms with van der Waals surface area (Å²) in [6, 6.07) is 5.48. The topological polar surface area (TPSA) is 102 Å². The Balaban J connectivity index is 1.52. The predicted octanol–water partition coefficient (Wildman–Crippen LogP) is 3.57. The van der Waals surface area contributed by atoms with Crippen molar-refractivity contribution >= 4 is 29.4 Å². The number of piperidine rings is 1. The third-order valence-corrected chi connectivity index (χ3v) is 6.27. The SMILES string of the molecule is Cc1cc(NC(=O)C(C)Sc2nnc(N3CCC(C)CC3)n2Cc2ccco2)no1. The van der Waals surface area contributed by atoms with Gasteiger partial charge in [0.05, 0.1) is 18.1 Å². The first kappa shape index (κ1) is 20.5. The summed E-state index contributed by atoms with van der Waals surface area (Å²) < 4.78 is 12.6. The summed E-state index contributed by atoms with van der Waals surface area (Å²) in [5.41, 5.74) is 0. The molecule has 0 radical (unpaired) electrons. The normalized spacial score (nSPS) is 16.0. The molecule has 1 fully saturated rings. The highest BCUT2D eigenvalue weighted by atomic mass is 32.2. The number of nitrogens with zero attached hydrogens (tertiary/aromatic N) is 5. The number of nitrogens with one attached hydrogen (secondary N) is 1. The number of furan rings is 1. The van der Waals surface area contributed by atoms with Crippen molar-refractivity contribution < 1.29 is 13.7 Å². The van der Waals surface area contributed by atoms with Gasteiger partial charge < -0.3 is 19.2 Å². The molecule has 3 aromatic heterocycles. The lowest BCUT2D eigenvalue weighted by atomic mass is 10.00. The van der Waals surface area contributed by atoms with Gasteiger partial charge in [-0.1, -0.05) is 23.8 Å². The minimum Gasteiger partial charge on any atom is -0.467 e. The van der Waals surface area contributed by atoms with E-state index in [1.807, 2.05) is 23.6 Å². The van der Waals surface area contributed by atoms with Crippen molar-refractivity contribution in [2.75, 3.05) is 23.3 Å². The predicted molar refractivity (Wildman–Crippen MR) is 114 cm³/mol. The number of aromatic nitrogens is 4. The van der Waals surface area contributed by atoms with Gasteiger partial charge in [0.1, 0.15) is 11.5 Å². The third-order valence-electron chi connectivity index (χ3n) is 5.19. The first-order chi connectivity index (χ1) is 14.5. The van der Waals surface area contributed by atoms with Crippen LogP contribution in [-0.2, 0) is 11.3 Å². The van der Waals surface area contributed by atoms with Gasteiger partial charge in [-0.05, 0) is 44.7 Å². The van der Waals surface area contributed by atoms with Gasteiger partial charge in [0.25, 0.3) is 0 Å². The van der Waals surface area contributed by atoms with Crippen LogP contribution in [0, 0.1) is 12.8 Å². The average molecular weight is 431 g/mol. The van der Waals surface area contributed by atoms with Crippen LogP contribution < -0.4 is 10.2 Å². The number of thioether (sulfide) groups is 1. The molecule has 4 rings (SSSR count). The van der Waals surface area contributed by atoms with E-state index in [-0.39, 0.29) is 5.91 Å². The van der Waals surface area contributed by atoms with Crippen molar-refractivity contribution in [3.63, 3.8) is 0 Å². The summed E-state index contributed by atoms with van der Waals surface area (Å²) in [5.74, 6) is 3.24. The largest absolute Gasteiger partial charge is 0.467 e. The molecule has 1 unspecified atom stereocenters. The molecule has 1 saturated heterocycles. The molecule has 30 heavy (non-hydrogen) atoms. The van der Waals surface area contributed by atoms with Gasteiger partial charge in [-0.2, -0.15) is 0 Å². The van der Waals surface area contributed by atoms with Crippen LogP contribution in [0.15, 0.2) is 38.6 Å². The Kier molecular flexibility index (Phi) is 6.12. The first-order valence-electron chi connectivity index (χ1n) is 10.1. The van der Waals surface area contributed by atoms with Crippen molar-refractivity contribution in [2.24, 2.45) is 5.92 Å². The zero-order valence-electron chi connectivity index (χ0n) is 17.4. The fourth-order valence-electron chi connectivity index (χ4n) is 3.37. The Labute approximate surface area is 179 Å². The molecule has 1 aliphatic heterocycles. The molecule has 4 heterocycles.